The number of halogens is 1. The predicted octanol–water partition coefficient (Wildman–Crippen LogP) is 5.99. The lowest BCUT2D eigenvalue weighted by Gasteiger charge is -2.18. The smallest absolute Gasteiger partial charge is 0.227 e. The van der Waals surface area contributed by atoms with Crippen molar-refractivity contribution < 1.29 is 9.53 Å². The Labute approximate surface area is 198 Å². The monoisotopic (exact) mass is 459 g/mol. The molecule has 0 bridgehead atoms. The first kappa shape index (κ1) is 21.5. The van der Waals surface area contributed by atoms with Crippen LogP contribution in [-0.4, -0.2) is 28.6 Å². The Morgan fingerprint density at radius 3 is 2.70 bits per heavy atom. The minimum Gasteiger partial charge on any atom is -0.494 e. The number of aromatic nitrogens is 2. The zero-order valence-corrected chi connectivity index (χ0v) is 19.3. The summed E-state index contributed by atoms with van der Waals surface area (Å²) in [5, 5.41) is 0.697. The fraction of sp³-hybridized carbons (Fsp3) is 0.259. The molecule has 5 nitrogen and oxygen atoms in total. The molecule has 0 N–H and O–H groups in total. The van der Waals surface area contributed by atoms with E-state index < -0.39 is 0 Å². The Kier molecular flexibility index (Phi) is 6.05. The summed E-state index contributed by atoms with van der Waals surface area (Å²) in [7, 11) is 0. The topological polar surface area (TPSA) is 47.4 Å². The van der Waals surface area contributed by atoms with Crippen LogP contribution in [-0.2, 0) is 11.3 Å². The Bertz CT molecular complexity index is 1280. The fourth-order valence-electron chi connectivity index (χ4n) is 4.51. The minimum atomic E-state index is 0.0580. The van der Waals surface area contributed by atoms with E-state index in [1.807, 2.05) is 72.5 Å². The van der Waals surface area contributed by atoms with Crippen molar-refractivity contribution >= 4 is 34.2 Å². The van der Waals surface area contributed by atoms with Crippen LogP contribution in [0.1, 0.15) is 30.1 Å². The molecule has 168 valence electrons. The van der Waals surface area contributed by atoms with Crippen LogP contribution in [0.2, 0.25) is 5.02 Å². The molecule has 2 heterocycles. The molecule has 6 heteroatoms. The molecule has 0 spiro atoms. The Morgan fingerprint density at radius 1 is 1.06 bits per heavy atom. The van der Waals surface area contributed by atoms with E-state index in [-0.39, 0.29) is 11.8 Å². The summed E-state index contributed by atoms with van der Waals surface area (Å²) in [6.07, 6.45) is 1.30. The van der Waals surface area contributed by atoms with Crippen molar-refractivity contribution in [2.75, 3.05) is 18.1 Å². The van der Waals surface area contributed by atoms with Crippen molar-refractivity contribution in [3.63, 3.8) is 0 Å². The number of carbonyl (C=O) groups excluding carboxylic acids is 1. The average Bonchev–Trinajstić information content (AvgIpc) is 3.38. The molecule has 0 radical (unpaired) electrons. The second-order valence-electron chi connectivity index (χ2n) is 8.51. The molecule has 3 aromatic carbocycles. The number of ether oxygens (including phenoxy) is 1. The third kappa shape index (κ3) is 4.60. The standard InChI is InChI=1S/C27H26ClN3O2/c1-19-6-4-7-22(16-19)31-18-20(17-26(31)32)27-29-24-8-2-3-9-25(24)30(27)14-5-15-33-23-12-10-21(28)11-13-23/h2-4,6-13,16,20H,5,14-15,17-18H2,1H3/t20-/m0/s1. The van der Waals surface area contributed by atoms with E-state index in [1.54, 1.807) is 0 Å². The van der Waals surface area contributed by atoms with Gasteiger partial charge in [0.25, 0.3) is 0 Å². The van der Waals surface area contributed by atoms with Crippen LogP contribution >= 0.6 is 11.6 Å². The van der Waals surface area contributed by atoms with E-state index in [4.69, 9.17) is 21.3 Å². The number of imidazole rings is 1. The minimum absolute atomic E-state index is 0.0580. The van der Waals surface area contributed by atoms with E-state index in [1.165, 1.54) is 0 Å². The molecule has 1 amide bonds. The van der Waals surface area contributed by atoms with Gasteiger partial charge in [-0.1, -0.05) is 35.9 Å². The van der Waals surface area contributed by atoms with Gasteiger partial charge in [0.05, 0.1) is 17.6 Å². The number of hydrogen-bond acceptors (Lipinski definition) is 3. The van der Waals surface area contributed by atoms with Gasteiger partial charge in [0, 0.05) is 36.1 Å². The third-order valence-electron chi connectivity index (χ3n) is 6.10. The lowest BCUT2D eigenvalue weighted by atomic mass is 10.1. The zero-order chi connectivity index (χ0) is 22.8. The maximum Gasteiger partial charge on any atom is 0.227 e. The van der Waals surface area contributed by atoms with Crippen LogP contribution in [0.3, 0.4) is 0 Å². The van der Waals surface area contributed by atoms with Crippen LogP contribution < -0.4 is 9.64 Å². The summed E-state index contributed by atoms with van der Waals surface area (Å²) < 4.78 is 8.15. The van der Waals surface area contributed by atoms with Crippen molar-refractivity contribution in [3.05, 3.63) is 89.2 Å². The normalized spacial score (nSPS) is 16.0. The Morgan fingerprint density at radius 2 is 1.88 bits per heavy atom. The van der Waals surface area contributed by atoms with Crippen LogP contribution in [0.15, 0.2) is 72.8 Å². The highest BCUT2D eigenvalue weighted by atomic mass is 35.5. The first-order valence-electron chi connectivity index (χ1n) is 11.3. The van der Waals surface area contributed by atoms with E-state index >= 15 is 0 Å². The van der Waals surface area contributed by atoms with Gasteiger partial charge in [-0.05, 0) is 67.4 Å². The van der Waals surface area contributed by atoms with Crippen molar-refractivity contribution in [3.8, 4) is 5.75 Å². The Hall–Kier alpha value is -3.31. The van der Waals surface area contributed by atoms with Crippen molar-refractivity contribution in [1.29, 1.82) is 0 Å². The summed E-state index contributed by atoms with van der Waals surface area (Å²) in [6, 6.07) is 23.7. The number of nitrogens with zero attached hydrogens (tertiary/aromatic N) is 3. The molecule has 1 saturated heterocycles. The predicted molar refractivity (Wildman–Crippen MR) is 132 cm³/mol. The first-order chi connectivity index (χ1) is 16.1. The molecular weight excluding hydrogens is 434 g/mol. The highest BCUT2D eigenvalue weighted by Gasteiger charge is 2.34. The quantitative estimate of drug-likeness (QED) is 0.319. The maximum absolute atomic E-state index is 12.9. The third-order valence-corrected chi connectivity index (χ3v) is 6.35. The fourth-order valence-corrected chi connectivity index (χ4v) is 4.64. The summed E-state index contributed by atoms with van der Waals surface area (Å²) in [5.74, 6) is 1.99. The van der Waals surface area contributed by atoms with E-state index in [0.717, 1.165) is 46.8 Å². The number of hydrogen-bond donors (Lipinski definition) is 0. The van der Waals surface area contributed by atoms with Gasteiger partial charge in [-0.15, -0.1) is 0 Å². The molecule has 1 aromatic heterocycles. The summed E-state index contributed by atoms with van der Waals surface area (Å²) in [6.45, 7) is 4.06. The largest absolute Gasteiger partial charge is 0.494 e. The van der Waals surface area contributed by atoms with Crippen LogP contribution in [0.4, 0.5) is 5.69 Å². The molecular formula is C27H26ClN3O2. The van der Waals surface area contributed by atoms with Gasteiger partial charge in [-0.2, -0.15) is 0 Å². The van der Waals surface area contributed by atoms with Crippen LogP contribution in [0.25, 0.3) is 11.0 Å². The Balaban J connectivity index is 1.34. The number of para-hydroxylation sites is 2. The molecule has 5 rings (SSSR count). The molecule has 0 unspecified atom stereocenters. The maximum atomic E-state index is 12.9. The molecule has 4 aromatic rings. The number of amides is 1. The molecule has 1 fully saturated rings. The number of anilines is 1. The summed E-state index contributed by atoms with van der Waals surface area (Å²) >= 11 is 5.95. The van der Waals surface area contributed by atoms with Gasteiger partial charge in [-0.3, -0.25) is 4.79 Å². The lowest BCUT2D eigenvalue weighted by Crippen LogP contribution is -2.24. The van der Waals surface area contributed by atoms with Gasteiger partial charge in [0.2, 0.25) is 5.91 Å². The van der Waals surface area contributed by atoms with E-state index in [2.05, 4.69) is 16.7 Å². The average molecular weight is 460 g/mol. The highest BCUT2D eigenvalue weighted by molar-refractivity contribution is 6.30. The van der Waals surface area contributed by atoms with Crippen molar-refractivity contribution in [2.24, 2.45) is 0 Å². The molecule has 33 heavy (non-hydrogen) atoms. The second kappa shape index (κ2) is 9.28. The van der Waals surface area contributed by atoms with Crippen LogP contribution in [0.5, 0.6) is 5.75 Å². The van der Waals surface area contributed by atoms with E-state index in [0.29, 0.717) is 24.6 Å². The molecule has 1 atom stereocenters. The summed E-state index contributed by atoms with van der Waals surface area (Å²) in [4.78, 5) is 19.7. The van der Waals surface area contributed by atoms with Gasteiger partial charge < -0.3 is 14.2 Å². The first-order valence-corrected chi connectivity index (χ1v) is 11.7. The zero-order valence-electron chi connectivity index (χ0n) is 18.6. The molecule has 1 aliphatic rings. The number of benzene rings is 3. The van der Waals surface area contributed by atoms with Gasteiger partial charge in [0.1, 0.15) is 11.6 Å². The lowest BCUT2D eigenvalue weighted by molar-refractivity contribution is -0.117. The van der Waals surface area contributed by atoms with Gasteiger partial charge in [-0.25, -0.2) is 4.98 Å². The summed E-state index contributed by atoms with van der Waals surface area (Å²) in [5.41, 5.74) is 4.17. The van der Waals surface area contributed by atoms with Crippen LogP contribution in [0, 0.1) is 6.92 Å². The highest BCUT2D eigenvalue weighted by Crippen LogP contribution is 2.33. The SMILES string of the molecule is Cc1cccc(N2C[C@@H](c3nc4ccccc4n3CCCOc3ccc(Cl)cc3)CC2=O)c1. The number of carbonyl (C=O) groups is 1. The van der Waals surface area contributed by atoms with Gasteiger partial charge >= 0.3 is 0 Å². The van der Waals surface area contributed by atoms with E-state index in [9.17, 15) is 4.79 Å². The second-order valence-corrected chi connectivity index (χ2v) is 8.95. The number of rotatable bonds is 7. The van der Waals surface area contributed by atoms with Gasteiger partial charge in [0.15, 0.2) is 0 Å². The molecule has 1 aliphatic heterocycles. The number of aryl methyl sites for hydroxylation is 2. The van der Waals surface area contributed by atoms with Crippen molar-refractivity contribution in [2.45, 2.75) is 32.2 Å². The number of fused-ring (bicyclic) bond motifs is 1. The van der Waals surface area contributed by atoms with Crippen molar-refractivity contribution in [1.82, 2.24) is 9.55 Å². The molecule has 0 saturated carbocycles. The molecule has 0 aliphatic carbocycles.